The van der Waals surface area contributed by atoms with Crippen LogP contribution in [0.3, 0.4) is 0 Å². The first-order chi connectivity index (χ1) is 9.65. The molecule has 1 aromatic heterocycles. The number of tetrazole rings is 1. The van der Waals surface area contributed by atoms with Gasteiger partial charge in [0.15, 0.2) is 0 Å². The third-order valence-electron chi connectivity index (χ3n) is 2.36. The normalized spacial score (nSPS) is 10.8. The summed E-state index contributed by atoms with van der Waals surface area (Å²) in [5.41, 5.74) is 1.10. The third kappa shape index (κ3) is 4.34. The van der Waals surface area contributed by atoms with Crippen LogP contribution >= 0.6 is 11.8 Å². The molecule has 1 aromatic carbocycles. The van der Waals surface area contributed by atoms with Crippen molar-refractivity contribution in [3.8, 4) is 0 Å². The highest BCUT2D eigenvalue weighted by Gasteiger charge is 2.12. The fourth-order valence-corrected chi connectivity index (χ4v) is 2.24. The molecule has 0 saturated carbocycles. The number of benzene rings is 1. The average Bonchev–Trinajstić information content (AvgIpc) is 2.84. The lowest BCUT2D eigenvalue weighted by molar-refractivity contribution is -0.144. The monoisotopic (exact) mass is 292 g/mol. The molecule has 0 amide bonds. The summed E-state index contributed by atoms with van der Waals surface area (Å²) in [4.78, 5) is 11.5. The summed E-state index contributed by atoms with van der Waals surface area (Å²) >= 11 is 1.28. The summed E-state index contributed by atoms with van der Waals surface area (Å²) in [5, 5.41) is 12.1. The van der Waals surface area contributed by atoms with Crippen molar-refractivity contribution < 1.29 is 9.53 Å². The number of carbonyl (C=O) groups is 1. The van der Waals surface area contributed by atoms with E-state index in [4.69, 9.17) is 4.74 Å². The van der Waals surface area contributed by atoms with Gasteiger partial charge in [0.2, 0.25) is 5.16 Å². The summed E-state index contributed by atoms with van der Waals surface area (Å²) < 4.78 is 6.74. The zero-order chi connectivity index (χ0) is 14.4. The number of aromatic nitrogens is 4. The molecule has 0 spiro atoms. The van der Waals surface area contributed by atoms with Crippen LogP contribution in [0.25, 0.3) is 0 Å². The Balaban J connectivity index is 1.94. The smallest absolute Gasteiger partial charge is 0.316 e. The van der Waals surface area contributed by atoms with Crippen LogP contribution in [0.2, 0.25) is 0 Å². The molecule has 0 atom stereocenters. The van der Waals surface area contributed by atoms with Crippen LogP contribution < -0.4 is 0 Å². The maximum absolute atomic E-state index is 11.5. The lowest BCUT2D eigenvalue weighted by Crippen LogP contribution is -2.14. The number of hydrogen-bond acceptors (Lipinski definition) is 6. The molecular weight excluding hydrogens is 276 g/mol. The Kier molecular flexibility index (Phi) is 5.11. The van der Waals surface area contributed by atoms with Gasteiger partial charge in [-0.1, -0.05) is 42.1 Å². The molecule has 0 unspecified atom stereocenters. The summed E-state index contributed by atoms with van der Waals surface area (Å²) in [5.74, 6) is -0.0628. The lowest BCUT2D eigenvalue weighted by atomic mass is 10.2. The van der Waals surface area contributed by atoms with Crippen LogP contribution in [0.4, 0.5) is 0 Å². The van der Waals surface area contributed by atoms with Crippen molar-refractivity contribution in [2.24, 2.45) is 0 Å². The van der Waals surface area contributed by atoms with Gasteiger partial charge in [0.25, 0.3) is 0 Å². The number of carbonyl (C=O) groups excluding carboxylic acids is 1. The van der Waals surface area contributed by atoms with Crippen molar-refractivity contribution in [2.45, 2.75) is 31.7 Å². The van der Waals surface area contributed by atoms with Gasteiger partial charge < -0.3 is 4.74 Å². The minimum Gasteiger partial charge on any atom is -0.462 e. The first-order valence-electron chi connectivity index (χ1n) is 6.27. The number of ether oxygens (including phenoxy) is 1. The van der Waals surface area contributed by atoms with E-state index >= 15 is 0 Å². The quantitative estimate of drug-likeness (QED) is 0.597. The molecule has 0 aliphatic heterocycles. The Morgan fingerprint density at radius 1 is 1.35 bits per heavy atom. The highest BCUT2D eigenvalue weighted by atomic mass is 32.2. The topological polar surface area (TPSA) is 69.9 Å². The van der Waals surface area contributed by atoms with Crippen LogP contribution in [0, 0.1) is 0 Å². The molecule has 2 aromatic rings. The van der Waals surface area contributed by atoms with E-state index in [2.05, 4.69) is 15.5 Å². The Morgan fingerprint density at radius 2 is 2.10 bits per heavy atom. The molecule has 2 rings (SSSR count). The van der Waals surface area contributed by atoms with Crippen LogP contribution in [0.5, 0.6) is 0 Å². The first kappa shape index (κ1) is 14.5. The van der Waals surface area contributed by atoms with Gasteiger partial charge >= 0.3 is 5.97 Å². The molecule has 0 fully saturated rings. The molecule has 106 valence electrons. The van der Waals surface area contributed by atoms with Gasteiger partial charge in [-0.05, 0) is 29.8 Å². The maximum Gasteiger partial charge on any atom is 0.316 e. The van der Waals surface area contributed by atoms with Crippen molar-refractivity contribution in [3.63, 3.8) is 0 Å². The van der Waals surface area contributed by atoms with E-state index in [1.54, 1.807) is 4.68 Å². The van der Waals surface area contributed by atoms with Gasteiger partial charge in [-0.25, -0.2) is 4.68 Å². The number of nitrogens with zero attached hydrogens (tertiary/aromatic N) is 4. The van der Waals surface area contributed by atoms with E-state index in [1.165, 1.54) is 11.8 Å². The highest BCUT2D eigenvalue weighted by molar-refractivity contribution is 7.99. The number of thioether (sulfide) groups is 1. The molecule has 0 aliphatic carbocycles. The van der Waals surface area contributed by atoms with Crippen LogP contribution in [0.1, 0.15) is 19.4 Å². The zero-order valence-electron chi connectivity index (χ0n) is 11.4. The van der Waals surface area contributed by atoms with Crippen LogP contribution in [-0.2, 0) is 16.1 Å². The molecule has 1 heterocycles. The summed E-state index contributed by atoms with van der Waals surface area (Å²) in [6.45, 7) is 4.22. The van der Waals surface area contributed by atoms with E-state index in [0.717, 1.165) is 5.56 Å². The van der Waals surface area contributed by atoms with E-state index < -0.39 is 0 Å². The molecule has 0 N–H and O–H groups in total. The zero-order valence-corrected chi connectivity index (χ0v) is 12.2. The van der Waals surface area contributed by atoms with E-state index in [-0.39, 0.29) is 17.8 Å². The van der Waals surface area contributed by atoms with Crippen molar-refractivity contribution in [1.82, 2.24) is 20.2 Å². The number of hydrogen-bond donors (Lipinski definition) is 0. The van der Waals surface area contributed by atoms with Gasteiger partial charge in [0.1, 0.15) is 0 Å². The van der Waals surface area contributed by atoms with Crippen molar-refractivity contribution in [1.29, 1.82) is 0 Å². The molecule has 0 radical (unpaired) electrons. The van der Waals surface area contributed by atoms with E-state index in [1.807, 2.05) is 44.2 Å². The first-order valence-corrected chi connectivity index (χ1v) is 7.26. The molecular formula is C13H16N4O2S. The molecule has 7 heteroatoms. The molecule has 0 bridgehead atoms. The second-order valence-electron chi connectivity index (χ2n) is 4.43. The Labute approximate surface area is 121 Å². The van der Waals surface area contributed by atoms with Crippen LogP contribution in [-0.4, -0.2) is 38.0 Å². The van der Waals surface area contributed by atoms with E-state index in [9.17, 15) is 4.79 Å². The second kappa shape index (κ2) is 7.04. The van der Waals surface area contributed by atoms with Gasteiger partial charge in [0, 0.05) is 0 Å². The lowest BCUT2D eigenvalue weighted by Gasteiger charge is -2.07. The van der Waals surface area contributed by atoms with Crippen molar-refractivity contribution in [3.05, 3.63) is 35.9 Å². The van der Waals surface area contributed by atoms with Gasteiger partial charge in [-0.2, -0.15) is 0 Å². The average molecular weight is 292 g/mol. The standard InChI is InChI=1S/C13H16N4O2S/c1-10(2)19-12(18)9-20-13-14-15-16-17(13)8-11-6-4-3-5-7-11/h3-7,10H,8-9H2,1-2H3. The SMILES string of the molecule is CC(C)OC(=O)CSc1nnnn1Cc1ccccc1. The number of esters is 1. The van der Waals surface area contributed by atoms with Crippen molar-refractivity contribution in [2.75, 3.05) is 5.75 Å². The largest absolute Gasteiger partial charge is 0.462 e. The van der Waals surface area contributed by atoms with Crippen LogP contribution in [0.15, 0.2) is 35.5 Å². The Morgan fingerprint density at radius 3 is 2.80 bits per heavy atom. The number of rotatable bonds is 6. The molecule has 6 nitrogen and oxygen atoms in total. The molecule has 0 saturated heterocycles. The molecule has 20 heavy (non-hydrogen) atoms. The van der Waals surface area contributed by atoms with Gasteiger partial charge in [0.05, 0.1) is 18.4 Å². The molecule has 0 aliphatic rings. The second-order valence-corrected chi connectivity index (χ2v) is 5.37. The van der Waals surface area contributed by atoms with E-state index in [0.29, 0.717) is 11.7 Å². The van der Waals surface area contributed by atoms with Gasteiger partial charge in [-0.15, -0.1) is 5.10 Å². The predicted molar refractivity (Wildman–Crippen MR) is 75.3 cm³/mol. The summed E-state index contributed by atoms with van der Waals surface area (Å²) in [6.07, 6.45) is -0.108. The summed E-state index contributed by atoms with van der Waals surface area (Å²) in [6, 6.07) is 9.89. The minimum absolute atomic E-state index is 0.108. The summed E-state index contributed by atoms with van der Waals surface area (Å²) in [7, 11) is 0. The fourth-order valence-electron chi connectivity index (χ4n) is 1.58. The van der Waals surface area contributed by atoms with Crippen molar-refractivity contribution >= 4 is 17.7 Å². The Hall–Kier alpha value is -1.89. The predicted octanol–water partition coefficient (Wildman–Crippen LogP) is 1.77. The maximum atomic E-state index is 11.5. The Bertz CT molecular complexity index is 557. The highest BCUT2D eigenvalue weighted by Crippen LogP contribution is 2.15. The minimum atomic E-state index is -0.265. The third-order valence-corrected chi connectivity index (χ3v) is 3.29. The van der Waals surface area contributed by atoms with Gasteiger partial charge in [-0.3, -0.25) is 4.79 Å². The fraction of sp³-hybridized carbons (Fsp3) is 0.385.